The minimum absolute atomic E-state index is 0.170. The average molecular weight is 518 g/mol. The van der Waals surface area contributed by atoms with Crippen LogP contribution in [0.25, 0.3) is 21.9 Å². The number of nitrogens with zero attached hydrogens (tertiary/aromatic N) is 4. The van der Waals surface area contributed by atoms with E-state index < -0.39 is 12.1 Å². The van der Waals surface area contributed by atoms with Gasteiger partial charge in [-0.3, -0.25) is 14.3 Å². The fourth-order valence-electron chi connectivity index (χ4n) is 3.85. The molecule has 0 aliphatic heterocycles. The Balaban J connectivity index is 0.000000479. The van der Waals surface area contributed by atoms with Gasteiger partial charge in [0.1, 0.15) is 5.69 Å². The number of halogens is 3. The first-order valence-electron chi connectivity index (χ1n) is 11.2. The Morgan fingerprint density at radius 3 is 2.27 bits per heavy atom. The van der Waals surface area contributed by atoms with Crippen molar-refractivity contribution >= 4 is 39.8 Å². The Labute approximate surface area is 210 Å². The number of hydrogen-bond donors (Lipinski definition) is 2. The number of para-hydroxylation sites is 1. The predicted molar refractivity (Wildman–Crippen MR) is 131 cm³/mol. The fraction of sp³-hybridized carbons (Fsp3) is 0.280. The highest BCUT2D eigenvalue weighted by Gasteiger charge is 2.38. The molecule has 0 radical (unpaired) electrons. The van der Waals surface area contributed by atoms with E-state index in [1.54, 1.807) is 26.5 Å². The van der Waals surface area contributed by atoms with Gasteiger partial charge in [0.15, 0.2) is 0 Å². The second kappa shape index (κ2) is 10.7. The SMILES string of the molecule is CC(C)n1c2ccccc2c2c1cc(C(=O)NCc1cccnc1)n2C(=O)N(C)C.O=C(O)C(F)(F)F. The van der Waals surface area contributed by atoms with Crippen LogP contribution in [0.2, 0.25) is 0 Å². The number of rotatable bonds is 4. The van der Waals surface area contributed by atoms with Crippen molar-refractivity contribution in [2.75, 3.05) is 14.1 Å². The molecule has 4 aromatic rings. The Hall–Kier alpha value is -4.35. The van der Waals surface area contributed by atoms with Crippen molar-refractivity contribution in [1.29, 1.82) is 0 Å². The molecule has 0 spiro atoms. The lowest BCUT2D eigenvalue weighted by molar-refractivity contribution is -0.192. The van der Waals surface area contributed by atoms with Crippen LogP contribution in [0, 0.1) is 0 Å². The Morgan fingerprint density at radius 1 is 1.08 bits per heavy atom. The van der Waals surface area contributed by atoms with Gasteiger partial charge >= 0.3 is 18.2 Å². The second-order valence-electron chi connectivity index (χ2n) is 8.60. The lowest BCUT2D eigenvalue weighted by Crippen LogP contribution is -2.32. The summed E-state index contributed by atoms with van der Waals surface area (Å²) in [6, 6.07) is 13.4. The van der Waals surface area contributed by atoms with Gasteiger partial charge in [0, 0.05) is 44.5 Å². The minimum atomic E-state index is -5.08. The molecular formula is C25H26F3N5O4. The normalized spacial score (nSPS) is 11.4. The lowest BCUT2D eigenvalue weighted by atomic mass is 10.2. The second-order valence-corrected chi connectivity index (χ2v) is 8.60. The van der Waals surface area contributed by atoms with Crippen molar-refractivity contribution in [1.82, 2.24) is 24.3 Å². The number of carbonyl (C=O) groups excluding carboxylic acids is 2. The zero-order chi connectivity index (χ0) is 27.5. The molecule has 0 fully saturated rings. The molecule has 0 saturated carbocycles. The molecule has 2 amide bonds. The number of carbonyl (C=O) groups is 3. The molecule has 0 aliphatic rings. The van der Waals surface area contributed by atoms with Gasteiger partial charge < -0.3 is 19.9 Å². The van der Waals surface area contributed by atoms with Crippen molar-refractivity contribution in [2.45, 2.75) is 32.6 Å². The van der Waals surface area contributed by atoms with Crippen LogP contribution >= 0.6 is 0 Å². The Morgan fingerprint density at radius 2 is 1.73 bits per heavy atom. The lowest BCUT2D eigenvalue weighted by Gasteiger charge is -2.15. The van der Waals surface area contributed by atoms with Gasteiger partial charge in [-0.1, -0.05) is 24.3 Å². The number of fused-ring (bicyclic) bond motifs is 3. The number of carboxylic acids is 1. The molecule has 2 N–H and O–H groups in total. The zero-order valence-corrected chi connectivity index (χ0v) is 20.6. The van der Waals surface area contributed by atoms with E-state index in [4.69, 9.17) is 9.90 Å². The van der Waals surface area contributed by atoms with Gasteiger partial charge in [-0.25, -0.2) is 9.59 Å². The van der Waals surface area contributed by atoms with E-state index in [1.807, 2.05) is 42.5 Å². The van der Waals surface area contributed by atoms with Crippen LogP contribution in [-0.2, 0) is 11.3 Å². The van der Waals surface area contributed by atoms with E-state index in [1.165, 1.54) is 9.47 Å². The third-order valence-corrected chi connectivity index (χ3v) is 5.40. The summed E-state index contributed by atoms with van der Waals surface area (Å²) in [4.78, 5) is 40.7. The number of alkyl halides is 3. The predicted octanol–water partition coefficient (Wildman–Crippen LogP) is 4.66. The number of aromatic nitrogens is 3. The maximum atomic E-state index is 13.1. The number of amides is 2. The molecule has 0 aliphatic carbocycles. The maximum Gasteiger partial charge on any atom is 0.490 e. The summed E-state index contributed by atoms with van der Waals surface area (Å²) in [6.45, 7) is 4.53. The van der Waals surface area contributed by atoms with Crippen molar-refractivity contribution in [3.63, 3.8) is 0 Å². The first-order chi connectivity index (χ1) is 17.3. The number of hydrogen-bond acceptors (Lipinski definition) is 4. The van der Waals surface area contributed by atoms with Crippen LogP contribution in [0.5, 0.6) is 0 Å². The van der Waals surface area contributed by atoms with E-state index in [0.29, 0.717) is 12.2 Å². The van der Waals surface area contributed by atoms with Crippen LogP contribution in [0.1, 0.15) is 35.9 Å². The van der Waals surface area contributed by atoms with Crippen molar-refractivity contribution in [2.24, 2.45) is 0 Å². The third-order valence-electron chi connectivity index (χ3n) is 5.40. The monoisotopic (exact) mass is 517 g/mol. The third kappa shape index (κ3) is 5.74. The summed E-state index contributed by atoms with van der Waals surface area (Å²) < 4.78 is 35.4. The van der Waals surface area contributed by atoms with Crippen LogP contribution in [0.3, 0.4) is 0 Å². The van der Waals surface area contributed by atoms with Crippen molar-refractivity contribution < 1.29 is 32.7 Å². The maximum absolute atomic E-state index is 13.1. The van der Waals surface area contributed by atoms with Gasteiger partial charge in [0.25, 0.3) is 5.91 Å². The molecule has 37 heavy (non-hydrogen) atoms. The molecule has 12 heteroatoms. The average Bonchev–Trinajstić information content (AvgIpc) is 3.37. The van der Waals surface area contributed by atoms with E-state index in [0.717, 1.165) is 27.5 Å². The number of pyridine rings is 1. The van der Waals surface area contributed by atoms with E-state index in [2.05, 4.69) is 28.7 Å². The summed E-state index contributed by atoms with van der Waals surface area (Å²) in [6.07, 6.45) is -1.68. The van der Waals surface area contributed by atoms with Gasteiger partial charge in [0.05, 0.1) is 16.6 Å². The highest BCUT2D eigenvalue weighted by molar-refractivity contribution is 6.14. The molecule has 3 heterocycles. The zero-order valence-electron chi connectivity index (χ0n) is 20.6. The van der Waals surface area contributed by atoms with Crippen LogP contribution < -0.4 is 5.32 Å². The van der Waals surface area contributed by atoms with Crippen molar-refractivity contribution in [3.8, 4) is 0 Å². The van der Waals surface area contributed by atoms with Crippen LogP contribution in [-0.4, -0.2) is 62.3 Å². The largest absolute Gasteiger partial charge is 0.490 e. The Kier molecular flexibility index (Phi) is 7.90. The van der Waals surface area contributed by atoms with Gasteiger partial charge in [0.2, 0.25) is 0 Å². The molecule has 196 valence electrons. The summed E-state index contributed by atoms with van der Waals surface area (Å²) in [5.41, 5.74) is 3.88. The molecule has 9 nitrogen and oxygen atoms in total. The van der Waals surface area contributed by atoms with E-state index in [9.17, 15) is 22.8 Å². The summed E-state index contributed by atoms with van der Waals surface area (Å²) in [5.74, 6) is -3.06. The van der Waals surface area contributed by atoms with E-state index in [-0.39, 0.29) is 18.0 Å². The van der Waals surface area contributed by atoms with Crippen LogP contribution in [0.15, 0.2) is 54.9 Å². The molecule has 3 aromatic heterocycles. The van der Waals surface area contributed by atoms with Gasteiger partial charge in [-0.15, -0.1) is 0 Å². The molecule has 0 bridgehead atoms. The van der Waals surface area contributed by atoms with E-state index >= 15 is 0 Å². The molecular weight excluding hydrogens is 491 g/mol. The topological polar surface area (TPSA) is 109 Å². The molecule has 0 unspecified atom stereocenters. The minimum Gasteiger partial charge on any atom is -0.475 e. The molecule has 0 saturated heterocycles. The number of nitrogens with one attached hydrogen (secondary N) is 1. The first-order valence-corrected chi connectivity index (χ1v) is 11.2. The smallest absolute Gasteiger partial charge is 0.475 e. The first kappa shape index (κ1) is 27.2. The summed E-state index contributed by atoms with van der Waals surface area (Å²) >= 11 is 0. The highest BCUT2D eigenvalue weighted by Crippen LogP contribution is 2.34. The summed E-state index contributed by atoms with van der Waals surface area (Å²) in [5, 5.41) is 11.0. The van der Waals surface area contributed by atoms with Gasteiger partial charge in [-0.05, 0) is 37.6 Å². The van der Waals surface area contributed by atoms with Crippen LogP contribution in [0.4, 0.5) is 18.0 Å². The molecule has 1 aromatic carbocycles. The van der Waals surface area contributed by atoms with Crippen molar-refractivity contribution in [3.05, 3.63) is 66.1 Å². The standard InChI is InChI=1S/C23H25N5O2.C2HF3O2/c1-15(2)27-18-10-6-5-9-17(18)21-19(27)12-20(28(21)23(30)26(3)4)22(29)25-14-16-8-7-11-24-13-16;3-2(4,5)1(6)7/h5-13,15H,14H2,1-4H3,(H,25,29);(H,6,7). The fourth-order valence-corrected chi connectivity index (χ4v) is 3.85. The number of benzene rings is 1. The summed E-state index contributed by atoms with van der Waals surface area (Å²) in [7, 11) is 3.38. The number of carboxylic acid groups (broad SMARTS) is 1. The Bertz CT molecular complexity index is 1440. The highest BCUT2D eigenvalue weighted by atomic mass is 19.4. The van der Waals surface area contributed by atoms with Gasteiger partial charge in [-0.2, -0.15) is 13.2 Å². The number of aliphatic carboxylic acids is 1. The quantitative estimate of drug-likeness (QED) is 0.409. The molecule has 4 rings (SSSR count). The molecule has 0 atom stereocenters.